The molecule has 0 fully saturated rings. The Bertz CT molecular complexity index is 668. The number of hydrogen-bond donors (Lipinski definition) is 2. The van der Waals surface area contributed by atoms with E-state index in [0.29, 0.717) is 11.6 Å². The second kappa shape index (κ2) is 6.64. The molecule has 0 heterocycles. The van der Waals surface area contributed by atoms with E-state index >= 15 is 0 Å². The van der Waals surface area contributed by atoms with Crippen molar-refractivity contribution in [2.75, 3.05) is 5.32 Å². The van der Waals surface area contributed by atoms with Crippen LogP contribution < -0.4 is 10.6 Å². The number of carbonyl (C=O) groups is 1. The maximum atomic E-state index is 11.9. The molecule has 2 amide bonds. The van der Waals surface area contributed by atoms with Gasteiger partial charge in [-0.2, -0.15) is 0 Å². The summed E-state index contributed by atoms with van der Waals surface area (Å²) in [6.07, 6.45) is 0. The van der Waals surface area contributed by atoms with E-state index in [2.05, 4.69) is 10.6 Å². The van der Waals surface area contributed by atoms with Gasteiger partial charge in [0.25, 0.3) is 0 Å². The van der Waals surface area contributed by atoms with E-state index in [1.807, 2.05) is 57.2 Å². The Hall–Kier alpha value is -2.00. The number of carbonyl (C=O) groups excluding carboxylic acids is 1. The minimum absolute atomic E-state index is 0.223. The molecule has 0 atom stereocenters. The topological polar surface area (TPSA) is 41.1 Å². The third kappa shape index (κ3) is 4.23. The Morgan fingerprint density at radius 3 is 2.48 bits per heavy atom. The second-order valence-electron chi connectivity index (χ2n) is 5.21. The van der Waals surface area contributed by atoms with Crippen LogP contribution in [0.4, 0.5) is 10.5 Å². The van der Waals surface area contributed by atoms with Crippen molar-refractivity contribution in [2.45, 2.75) is 27.3 Å². The normalized spacial score (nSPS) is 10.3. The number of urea groups is 1. The molecule has 0 bridgehead atoms. The zero-order chi connectivity index (χ0) is 15.4. The molecule has 0 aliphatic carbocycles. The summed E-state index contributed by atoms with van der Waals surface area (Å²) in [5.74, 6) is 0. The quantitative estimate of drug-likeness (QED) is 0.855. The fraction of sp³-hybridized carbons (Fsp3) is 0.235. The molecule has 110 valence electrons. The summed E-state index contributed by atoms with van der Waals surface area (Å²) < 4.78 is 0. The first-order chi connectivity index (χ1) is 9.95. The summed E-state index contributed by atoms with van der Waals surface area (Å²) in [7, 11) is 0. The molecule has 3 nitrogen and oxygen atoms in total. The number of rotatable bonds is 3. The van der Waals surface area contributed by atoms with Gasteiger partial charge in [0.1, 0.15) is 0 Å². The van der Waals surface area contributed by atoms with Gasteiger partial charge in [0.05, 0.1) is 0 Å². The molecule has 0 unspecified atom stereocenters. The minimum atomic E-state index is -0.223. The van der Waals surface area contributed by atoms with Gasteiger partial charge in [0.2, 0.25) is 0 Å². The van der Waals surface area contributed by atoms with E-state index in [1.54, 1.807) is 0 Å². The van der Waals surface area contributed by atoms with Gasteiger partial charge in [-0.15, -0.1) is 0 Å². The van der Waals surface area contributed by atoms with Gasteiger partial charge >= 0.3 is 6.03 Å². The molecular formula is C17H19ClN2O. The fourth-order valence-electron chi connectivity index (χ4n) is 2.05. The van der Waals surface area contributed by atoms with E-state index in [0.717, 1.165) is 22.4 Å². The largest absolute Gasteiger partial charge is 0.334 e. The summed E-state index contributed by atoms with van der Waals surface area (Å²) in [5.41, 5.74) is 5.04. The number of halogens is 1. The van der Waals surface area contributed by atoms with Gasteiger partial charge in [-0.05, 0) is 49.6 Å². The fourth-order valence-corrected chi connectivity index (χ4v) is 2.25. The lowest BCUT2D eigenvalue weighted by Gasteiger charge is -2.11. The Morgan fingerprint density at radius 1 is 1.05 bits per heavy atom. The number of hydrogen-bond acceptors (Lipinski definition) is 1. The summed E-state index contributed by atoms with van der Waals surface area (Å²) in [5, 5.41) is 6.39. The standard InChI is InChI=1S/C17H19ClN2O/c1-11-4-7-16(13(3)8-11)20-17(21)19-10-14-6-5-12(2)15(18)9-14/h4-9H,10H2,1-3H3,(H2,19,20,21). The molecule has 0 saturated carbocycles. The van der Waals surface area contributed by atoms with Crippen LogP contribution in [0.15, 0.2) is 36.4 Å². The highest BCUT2D eigenvalue weighted by atomic mass is 35.5. The van der Waals surface area contributed by atoms with Gasteiger partial charge < -0.3 is 10.6 Å². The molecule has 2 aromatic carbocycles. The number of benzene rings is 2. The lowest BCUT2D eigenvalue weighted by Crippen LogP contribution is -2.28. The smallest absolute Gasteiger partial charge is 0.319 e. The van der Waals surface area contributed by atoms with Crippen molar-refractivity contribution in [1.29, 1.82) is 0 Å². The summed E-state index contributed by atoms with van der Waals surface area (Å²) in [6.45, 7) is 6.39. The van der Waals surface area contributed by atoms with Gasteiger partial charge in [-0.3, -0.25) is 0 Å². The van der Waals surface area contributed by atoms with Crippen molar-refractivity contribution >= 4 is 23.3 Å². The molecule has 0 aromatic heterocycles. The highest BCUT2D eigenvalue weighted by molar-refractivity contribution is 6.31. The molecule has 0 saturated heterocycles. The molecule has 2 N–H and O–H groups in total. The second-order valence-corrected chi connectivity index (χ2v) is 5.62. The molecule has 2 aromatic rings. The Balaban J connectivity index is 1.94. The molecule has 4 heteroatoms. The maximum Gasteiger partial charge on any atom is 0.319 e. The molecule has 0 aliphatic rings. The number of nitrogens with one attached hydrogen (secondary N) is 2. The Labute approximate surface area is 130 Å². The van der Waals surface area contributed by atoms with Crippen molar-refractivity contribution in [3.8, 4) is 0 Å². The van der Waals surface area contributed by atoms with Gasteiger partial charge in [-0.1, -0.05) is 41.4 Å². The van der Waals surface area contributed by atoms with E-state index in [-0.39, 0.29) is 6.03 Å². The van der Waals surface area contributed by atoms with Crippen LogP contribution in [-0.4, -0.2) is 6.03 Å². The lowest BCUT2D eigenvalue weighted by atomic mass is 10.1. The van der Waals surface area contributed by atoms with Gasteiger partial charge in [-0.25, -0.2) is 4.79 Å². The van der Waals surface area contributed by atoms with Crippen LogP contribution in [0, 0.1) is 20.8 Å². The molecular weight excluding hydrogens is 284 g/mol. The third-order valence-corrected chi connectivity index (χ3v) is 3.73. The van der Waals surface area contributed by atoms with Crippen LogP contribution in [-0.2, 0) is 6.54 Å². The van der Waals surface area contributed by atoms with Crippen LogP contribution in [0.1, 0.15) is 22.3 Å². The average molecular weight is 303 g/mol. The predicted octanol–water partition coefficient (Wildman–Crippen LogP) is 4.59. The number of aryl methyl sites for hydroxylation is 3. The summed E-state index contributed by atoms with van der Waals surface area (Å²) in [6, 6.07) is 11.5. The first-order valence-electron chi connectivity index (χ1n) is 6.83. The van der Waals surface area contributed by atoms with Crippen molar-refractivity contribution in [1.82, 2.24) is 5.32 Å². The molecule has 0 spiro atoms. The zero-order valence-corrected chi connectivity index (χ0v) is 13.2. The number of anilines is 1. The first-order valence-corrected chi connectivity index (χ1v) is 7.20. The average Bonchev–Trinajstić information content (AvgIpc) is 2.43. The Morgan fingerprint density at radius 2 is 1.81 bits per heavy atom. The van der Waals surface area contributed by atoms with Crippen LogP contribution in [0.5, 0.6) is 0 Å². The van der Waals surface area contributed by atoms with Gasteiger partial charge in [0.15, 0.2) is 0 Å². The highest BCUT2D eigenvalue weighted by Crippen LogP contribution is 2.17. The van der Waals surface area contributed by atoms with Crippen molar-refractivity contribution in [2.24, 2.45) is 0 Å². The van der Waals surface area contributed by atoms with Crippen molar-refractivity contribution in [3.63, 3.8) is 0 Å². The highest BCUT2D eigenvalue weighted by Gasteiger charge is 2.05. The SMILES string of the molecule is Cc1ccc(NC(=O)NCc2ccc(C)c(Cl)c2)c(C)c1. The summed E-state index contributed by atoms with van der Waals surface area (Å²) >= 11 is 6.07. The molecule has 21 heavy (non-hydrogen) atoms. The van der Waals surface area contributed by atoms with E-state index < -0.39 is 0 Å². The van der Waals surface area contributed by atoms with Crippen molar-refractivity contribution in [3.05, 3.63) is 63.7 Å². The van der Waals surface area contributed by atoms with E-state index in [4.69, 9.17) is 11.6 Å². The lowest BCUT2D eigenvalue weighted by molar-refractivity contribution is 0.251. The van der Waals surface area contributed by atoms with Gasteiger partial charge in [0, 0.05) is 17.3 Å². The molecule has 2 rings (SSSR count). The Kier molecular flexibility index (Phi) is 4.86. The minimum Gasteiger partial charge on any atom is -0.334 e. The monoisotopic (exact) mass is 302 g/mol. The van der Waals surface area contributed by atoms with Crippen LogP contribution in [0.25, 0.3) is 0 Å². The maximum absolute atomic E-state index is 11.9. The summed E-state index contributed by atoms with van der Waals surface area (Å²) in [4.78, 5) is 11.9. The van der Waals surface area contributed by atoms with Crippen LogP contribution >= 0.6 is 11.6 Å². The number of amides is 2. The van der Waals surface area contributed by atoms with Crippen molar-refractivity contribution < 1.29 is 4.79 Å². The van der Waals surface area contributed by atoms with Crippen LogP contribution in [0.2, 0.25) is 5.02 Å². The zero-order valence-electron chi connectivity index (χ0n) is 12.5. The van der Waals surface area contributed by atoms with Crippen LogP contribution in [0.3, 0.4) is 0 Å². The molecule has 0 aliphatic heterocycles. The third-order valence-electron chi connectivity index (χ3n) is 3.32. The predicted molar refractivity (Wildman–Crippen MR) is 88.0 cm³/mol. The van der Waals surface area contributed by atoms with E-state index in [9.17, 15) is 4.79 Å². The molecule has 0 radical (unpaired) electrons. The van der Waals surface area contributed by atoms with E-state index in [1.165, 1.54) is 5.56 Å². The first kappa shape index (κ1) is 15.4.